The van der Waals surface area contributed by atoms with Crippen LogP contribution in [0.3, 0.4) is 0 Å². The largest absolute Gasteiger partial charge is 0.508 e. The number of phenolic OH excluding ortho intramolecular Hbond substituents is 1. The molecule has 0 atom stereocenters. The third kappa shape index (κ3) is 4.34. The molecule has 22 heavy (non-hydrogen) atoms. The van der Waals surface area contributed by atoms with Crippen LogP contribution in [0.1, 0.15) is 21.5 Å². The van der Waals surface area contributed by atoms with Gasteiger partial charge < -0.3 is 15.2 Å². The number of carbonyl (C=O) groups is 2. The first kappa shape index (κ1) is 15.6. The highest BCUT2D eigenvalue weighted by Gasteiger charge is 2.10. The molecule has 2 rings (SSSR count). The fourth-order valence-electron chi connectivity index (χ4n) is 2.06. The van der Waals surface area contributed by atoms with E-state index in [4.69, 9.17) is 9.84 Å². The van der Waals surface area contributed by atoms with Gasteiger partial charge in [0, 0.05) is 5.69 Å². The van der Waals surface area contributed by atoms with E-state index in [0.29, 0.717) is 5.69 Å². The van der Waals surface area contributed by atoms with Crippen LogP contribution in [0.5, 0.6) is 5.75 Å². The van der Waals surface area contributed by atoms with Crippen molar-refractivity contribution in [1.82, 2.24) is 0 Å². The van der Waals surface area contributed by atoms with Crippen molar-refractivity contribution in [3.63, 3.8) is 0 Å². The van der Waals surface area contributed by atoms with E-state index in [9.17, 15) is 9.59 Å². The number of phenols is 1. The normalized spacial score (nSPS) is 10.1. The lowest BCUT2D eigenvalue weighted by atomic mass is 10.1. The van der Waals surface area contributed by atoms with Crippen LogP contribution >= 0.6 is 0 Å². The van der Waals surface area contributed by atoms with Crippen molar-refractivity contribution in [2.75, 3.05) is 11.9 Å². The van der Waals surface area contributed by atoms with E-state index in [-0.39, 0.29) is 17.9 Å². The second-order valence-electron chi connectivity index (χ2n) is 5.05. The number of nitrogens with one attached hydrogen (secondary N) is 1. The molecule has 114 valence electrons. The molecule has 0 radical (unpaired) electrons. The van der Waals surface area contributed by atoms with Crippen molar-refractivity contribution in [2.45, 2.75) is 13.8 Å². The number of ether oxygens (including phenoxy) is 1. The lowest BCUT2D eigenvalue weighted by Gasteiger charge is -2.08. The van der Waals surface area contributed by atoms with Gasteiger partial charge in [0.05, 0.1) is 5.56 Å². The van der Waals surface area contributed by atoms with Crippen molar-refractivity contribution >= 4 is 17.6 Å². The van der Waals surface area contributed by atoms with E-state index < -0.39 is 11.9 Å². The third-order valence-electron chi connectivity index (χ3n) is 2.94. The Morgan fingerprint density at radius 1 is 1.05 bits per heavy atom. The fraction of sp³-hybridized carbons (Fsp3) is 0.176. The van der Waals surface area contributed by atoms with Gasteiger partial charge in [0.15, 0.2) is 6.61 Å². The molecule has 1 amide bonds. The first-order valence-electron chi connectivity index (χ1n) is 6.78. The minimum atomic E-state index is -0.615. The summed E-state index contributed by atoms with van der Waals surface area (Å²) in [5.41, 5.74) is 3.02. The molecule has 2 aromatic rings. The summed E-state index contributed by atoms with van der Waals surface area (Å²) in [7, 11) is 0. The van der Waals surface area contributed by atoms with E-state index in [1.54, 1.807) is 0 Å². The Hall–Kier alpha value is -2.82. The monoisotopic (exact) mass is 299 g/mol. The lowest BCUT2D eigenvalue weighted by molar-refractivity contribution is -0.119. The number of aromatic hydroxyl groups is 1. The molecule has 5 nitrogen and oxygen atoms in total. The highest BCUT2D eigenvalue weighted by atomic mass is 16.5. The first-order chi connectivity index (χ1) is 10.4. The van der Waals surface area contributed by atoms with Gasteiger partial charge in [-0.25, -0.2) is 4.79 Å². The lowest BCUT2D eigenvalue weighted by Crippen LogP contribution is -2.21. The zero-order chi connectivity index (χ0) is 16.1. The summed E-state index contributed by atoms with van der Waals surface area (Å²) in [5.74, 6) is -0.961. The molecule has 0 aromatic heterocycles. The summed E-state index contributed by atoms with van der Waals surface area (Å²) in [6, 6.07) is 11.3. The van der Waals surface area contributed by atoms with Crippen LogP contribution in [-0.2, 0) is 9.53 Å². The number of esters is 1. The second kappa shape index (κ2) is 6.76. The van der Waals surface area contributed by atoms with Crippen molar-refractivity contribution in [2.24, 2.45) is 0 Å². The summed E-state index contributed by atoms with van der Waals surface area (Å²) >= 11 is 0. The summed E-state index contributed by atoms with van der Waals surface area (Å²) in [5, 5.41) is 11.8. The quantitative estimate of drug-likeness (QED) is 0.851. The van der Waals surface area contributed by atoms with Crippen molar-refractivity contribution in [3.05, 3.63) is 59.2 Å². The van der Waals surface area contributed by atoms with Gasteiger partial charge in [0.1, 0.15) is 5.75 Å². The number of aryl methyl sites for hydroxylation is 2. The van der Waals surface area contributed by atoms with Crippen molar-refractivity contribution in [3.8, 4) is 5.75 Å². The molecule has 2 N–H and O–H groups in total. The van der Waals surface area contributed by atoms with Crippen LogP contribution in [0, 0.1) is 13.8 Å². The molecule has 0 aliphatic heterocycles. The summed E-state index contributed by atoms with van der Waals surface area (Å²) in [6.07, 6.45) is 0. The molecule has 0 spiro atoms. The van der Waals surface area contributed by atoms with Gasteiger partial charge in [-0.1, -0.05) is 6.07 Å². The first-order valence-corrected chi connectivity index (χ1v) is 6.78. The molecule has 0 fully saturated rings. The Morgan fingerprint density at radius 2 is 1.64 bits per heavy atom. The minimum Gasteiger partial charge on any atom is -0.508 e. The number of amides is 1. The Balaban J connectivity index is 1.89. The molecule has 0 bridgehead atoms. The summed E-state index contributed by atoms with van der Waals surface area (Å²) in [4.78, 5) is 23.5. The fourth-order valence-corrected chi connectivity index (χ4v) is 2.06. The molecule has 0 saturated heterocycles. The second-order valence-corrected chi connectivity index (χ2v) is 5.05. The van der Waals surface area contributed by atoms with Gasteiger partial charge in [-0.15, -0.1) is 0 Å². The number of carbonyl (C=O) groups excluding carboxylic acids is 2. The predicted molar refractivity (Wildman–Crippen MR) is 82.9 cm³/mol. The topological polar surface area (TPSA) is 75.6 Å². The summed E-state index contributed by atoms with van der Waals surface area (Å²) < 4.78 is 4.93. The van der Waals surface area contributed by atoms with Gasteiger partial charge in [-0.05, 0) is 61.4 Å². The average molecular weight is 299 g/mol. The predicted octanol–water partition coefficient (Wildman–Crippen LogP) is 2.80. The van der Waals surface area contributed by atoms with Crippen LogP contribution in [0.25, 0.3) is 0 Å². The number of benzene rings is 2. The Bertz CT molecular complexity index is 672. The van der Waals surface area contributed by atoms with E-state index in [2.05, 4.69) is 5.32 Å². The van der Waals surface area contributed by atoms with Gasteiger partial charge in [0.25, 0.3) is 5.91 Å². The molecule has 2 aromatic carbocycles. The zero-order valence-corrected chi connectivity index (χ0v) is 12.4. The number of anilines is 1. The smallest absolute Gasteiger partial charge is 0.338 e. The summed E-state index contributed by atoms with van der Waals surface area (Å²) in [6.45, 7) is 3.51. The average Bonchev–Trinajstić information content (AvgIpc) is 2.44. The van der Waals surface area contributed by atoms with Gasteiger partial charge in [-0.3, -0.25) is 4.79 Å². The maximum Gasteiger partial charge on any atom is 0.338 e. The van der Waals surface area contributed by atoms with Crippen molar-refractivity contribution in [1.29, 1.82) is 0 Å². The molecular weight excluding hydrogens is 282 g/mol. The van der Waals surface area contributed by atoms with Gasteiger partial charge in [-0.2, -0.15) is 0 Å². The highest BCUT2D eigenvalue weighted by molar-refractivity contribution is 5.95. The SMILES string of the molecule is Cc1cc(C)cc(NC(=O)COC(=O)c2ccc(O)cc2)c1. The van der Waals surface area contributed by atoms with Crippen molar-refractivity contribution < 1.29 is 19.4 Å². The standard InChI is InChI=1S/C17H17NO4/c1-11-7-12(2)9-14(8-11)18-16(20)10-22-17(21)13-3-5-15(19)6-4-13/h3-9,19H,10H2,1-2H3,(H,18,20). The minimum absolute atomic E-state index is 0.0594. The van der Waals surface area contributed by atoms with Crippen LogP contribution < -0.4 is 5.32 Å². The third-order valence-corrected chi connectivity index (χ3v) is 2.94. The maximum absolute atomic E-state index is 11.8. The molecular formula is C17H17NO4. The van der Waals surface area contributed by atoms with Crippen LogP contribution in [0.4, 0.5) is 5.69 Å². The molecule has 0 unspecified atom stereocenters. The molecule has 0 heterocycles. The van der Waals surface area contributed by atoms with Gasteiger partial charge >= 0.3 is 5.97 Å². The van der Waals surface area contributed by atoms with E-state index in [0.717, 1.165) is 11.1 Å². The zero-order valence-electron chi connectivity index (χ0n) is 12.4. The maximum atomic E-state index is 11.8. The van der Waals surface area contributed by atoms with Crippen LogP contribution in [-0.4, -0.2) is 23.6 Å². The number of rotatable bonds is 4. The van der Waals surface area contributed by atoms with E-state index >= 15 is 0 Å². The Morgan fingerprint density at radius 3 is 2.23 bits per heavy atom. The number of hydrogen-bond donors (Lipinski definition) is 2. The highest BCUT2D eigenvalue weighted by Crippen LogP contribution is 2.14. The Labute approximate surface area is 128 Å². The van der Waals surface area contributed by atoms with Gasteiger partial charge in [0.2, 0.25) is 0 Å². The van der Waals surface area contributed by atoms with Crippen LogP contribution in [0.2, 0.25) is 0 Å². The van der Waals surface area contributed by atoms with Crippen LogP contribution in [0.15, 0.2) is 42.5 Å². The Kier molecular flexibility index (Phi) is 4.78. The molecule has 5 heteroatoms. The number of hydrogen-bond acceptors (Lipinski definition) is 4. The molecule has 0 aliphatic carbocycles. The molecule has 0 aliphatic rings. The molecule has 0 saturated carbocycles. The van der Waals surface area contributed by atoms with E-state index in [1.807, 2.05) is 32.0 Å². The van der Waals surface area contributed by atoms with E-state index in [1.165, 1.54) is 24.3 Å².